The van der Waals surface area contributed by atoms with Crippen molar-refractivity contribution in [3.05, 3.63) is 36.6 Å². The molecule has 0 saturated carbocycles. The highest BCUT2D eigenvalue weighted by atomic mass is 16.5. The van der Waals surface area contributed by atoms with Crippen molar-refractivity contribution in [1.29, 1.82) is 0 Å². The van der Waals surface area contributed by atoms with Gasteiger partial charge in [0.1, 0.15) is 11.9 Å². The van der Waals surface area contributed by atoms with Gasteiger partial charge in [-0.25, -0.2) is 0 Å². The highest BCUT2D eigenvalue weighted by molar-refractivity contribution is 5.28. The van der Waals surface area contributed by atoms with Gasteiger partial charge >= 0.3 is 0 Å². The third-order valence-electron chi connectivity index (χ3n) is 2.09. The molecule has 1 fully saturated rings. The predicted molar refractivity (Wildman–Crippen MR) is 56.8 cm³/mol. The highest BCUT2D eigenvalue weighted by Gasteiger charge is 2.18. The van der Waals surface area contributed by atoms with Gasteiger partial charge in [-0.15, -0.1) is 0 Å². The van der Waals surface area contributed by atoms with Gasteiger partial charge in [0.2, 0.25) is 0 Å². The van der Waals surface area contributed by atoms with E-state index in [1.54, 1.807) is 6.08 Å². The van der Waals surface area contributed by atoms with Crippen LogP contribution in [0.1, 0.15) is 6.42 Å². The van der Waals surface area contributed by atoms with Crippen molar-refractivity contribution in [3.8, 4) is 0 Å². The van der Waals surface area contributed by atoms with Gasteiger partial charge in [-0.05, 0) is 0 Å². The van der Waals surface area contributed by atoms with Crippen LogP contribution in [0.3, 0.4) is 0 Å². The molecule has 0 aliphatic carbocycles. The lowest BCUT2D eigenvalue weighted by atomic mass is 10.2. The van der Waals surface area contributed by atoms with Crippen LogP contribution >= 0.6 is 0 Å². The molecule has 0 aromatic carbocycles. The second-order valence-electron chi connectivity index (χ2n) is 3.16. The van der Waals surface area contributed by atoms with Crippen LogP contribution in [0.5, 0.6) is 0 Å². The molecule has 78 valence electrons. The van der Waals surface area contributed by atoms with E-state index in [-0.39, 0.29) is 6.10 Å². The van der Waals surface area contributed by atoms with Crippen LogP contribution in [-0.4, -0.2) is 25.9 Å². The van der Waals surface area contributed by atoms with Crippen molar-refractivity contribution in [1.82, 2.24) is 0 Å². The molecule has 3 nitrogen and oxygen atoms in total. The summed E-state index contributed by atoms with van der Waals surface area (Å²) in [5, 5.41) is 0. The Morgan fingerprint density at radius 1 is 1.64 bits per heavy atom. The molecule has 14 heavy (non-hydrogen) atoms. The third-order valence-corrected chi connectivity index (χ3v) is 2.09. The van der Waals surface area contributed by atoms with E-state index < -0.39 is 0 Å². The van der Waals surface area contributed by atoms with Crippen molar-refractivity contribution in [2.75, 3.05) is 19.8 Å². The van der Waals surface area contributed by atoms with E-state index in [0.717, 1.165) is 18.6 Å². The average Bonchev–Trinajstić information content (AvgIpc) is 2.66. The van der Waals surface area contributed by atoms with Crippen LogP contribution in [-0.2, 0) is 9.47 Å². The van der Waals surface area contributed by atoms with E-state index in [9.17, 15) is 0 Å². The molecule has 3 heteroatoms. The minimum atomic E-state index is 0.127. The first kappa shape index (κ1) is 11.0. The summed E-state index contributed by atoms with van der Waals surface area (Å²) in [5.41, 5.74) is 6.43. The van der Waals surface area contributed by atoms with Gasteiger partial charge in [-0.1, -0.05) is 25.3 Å². The Morgan fingerprint density at radius 2 is 2.43 bits per heavy atom. The minimum Gasteiger partial charge on any atom is -0.488 e. The molecule has 1 saturated heterocycles. The second kappa shape index (κ2) is 5.62. The van der Waals surface area contributed by atoms with E-state index in [0.29, 0.717) is 18.9 Å². The first-order valence-electron chi connectivity index (χ1n) is 4.73. The van der Waals surface area contributed by atoms with Gasteiger partial charge in [-0.3, -0.25) is 0 Å². The summed E-state index contributed by atoms with van der Waals surface area (Å²) >= 11 is 0. The summed E-state index contributed by atoms with van der Waals surface area (Å²) in [6, 6.07) is 0. The average molecular weight is 195 g/mol. The predicted octanol–water partition coefficient (Wildman–Crippen LogP) is 1.38. The maximum atomic E-state index is 5.60. The van der Waals surface area contributed by atoms with E-state index >= 15 is 0 Å². The second-order valence-corrected chi connectivity index (χ2v) is 3.16. The number of hydrogen-bond acceptors (Lipinski definition) is 3. The van der Waals surface area contributed by atoms with E-state index in [4.69, 9.17) is 15.2 Å². The molecule has 0 bridgehead atoms. The Hall–Kier alpha value is -1.06. The normalized spacial score (nSPS) is 22.1. The number of allylic oxidation sites excluding steroid dienone is 2. The highest BCUT2D eigenvalue weighted by Crippen LogP contribution is 2.16. The maximum Gasteiger partial charge on any atom is 0.124 e. The van der Waals surface area contributed by atoms with E-state index in [1.807, 2.05) is 6.08 Å². The fourth-order valence-electron chi connectivity index (χ4n) is 1.30. The minimum absolute atomic E-state index is 0.127. The summed E-state index contributed by atoms with van der Waals surface area (Å²) in [4.78, 5) is 0. The fraction of sp³-hybridized carbons (Fsp3) is 0.455. The molecule has 1 unspecified atom stereocenters. The molecule has 1 aliphatic heterocycles. The number of ether oxygens (including phenoxy) is 2. The molecule has 2 N–H and O–H groups in total. The summed E-state index contributed by atoms with van der Waals surface area (Å²) in [7, 11) is 0. The first-order valence-corrected chi connectivity index (χ1v) is 4.73. The lowest BCUT2D eigenvalue weighted by Crippen LogP contribution is -2.15. The Kier molecular flexibility index (Phi) is 4.43. The molecule has 0 radical (unpaired) electrons. The topological polar surface area (TPSA) is 44.5 Å². The van der Waals surface area contributed by atoms with Gasteiger partial charge < -0.3 is 15.2 Å². The van der Waals surface area contributed by atoms with Crippen LogP contribution in [0.4, 0.5) is 0 Å². The van der Waals surface area contributed by atoms with E-state index in [2.05, 4.69) is 13.2 Å². The first-order chi connectivity index (χ1) is 6.77. The Balaban J connectivity index is 2.46. The Bertz CT molecular complexity index is 240. The monoisotopic (exact) mass is 195 g/mol. The standard InChI is InChI=1S/C11H17NO2/c1-3-4-10(7-12)9(2)14-11-5-6-13-8-11/h3-4,11H,1-2,5-8,12H2/b10-4-. The van der Waals surface area contributed by atoms with Crippen LogP contribution in [0.15, 0.2) is 36.6 Å². The zero-order chi connectivity index (χ0) is 10.4. The fourth-order valence-corrected chi connectivity index (χ4v) is 1.30. The molecule has 0 spiro atoms. The van der Waals surface area contributed by atoms with E-state index in [1.165, 1.54) is 0 Å². The van der Waals surface area contributed by atoms with Crippen LogP contribution in [0, 0.1) is 0 Å². The largest absolute Gasteiger partial charge is 0.488 e. The van der Waals surface area contributed by atoms with Gasteiger partial charge in [0, 0.05) is 18.5 Å². The summed E-state index contributed by atoms with van der Waals surface area (Å²) in [6.45, 7) is 9.27. The smallest absolute Gasteiger partial charge is 0.124 e. The van der Waals surface area contributed by atoms with Crippen molar-refractivity contribution in [2.24, 2.45) is 5.73 Å². The molecular weight excluding hydrogens is 178 g/mol. The lowest BCUT2D eigenvalue weighted by Gasteiger charge is -2.15. The maximum absolute atomic E-state index is 5.60. The molecule has 0 amide bonds. The van der Waals surface area contributed by atoms with Gasteiger partial charge in [0.15, 0.2) is 0 Å². The summed E-state index contributed by atoms with van der Waals surface area (Å²) in [6.07, 6.45) is 4.55. The van der Waals surface area contributed by atoms with Crippen molar-refractivity contribution in [3.63, 3.8) is 0 Å². The molecular formula is C11H17NO2. The SMILES string of the molecule is C=C/C=C(/CN)C(=C)OC1CCOC1. The van der Waals surface area contributed by atoms with Crippen LogP contribution in [0.25, 0.3) is 0 Å². The van der Waals surface area contributed by atoms with Gasteiger partial charge in [0.25, 0.3) is 0 Å². The van der Waals surface area contributed by atoms with Crippen molar-refractivity contribution >= 4 is 0 Å². The van der Waals surface area contributed by atoms with Crippen molar-refractivity contribution in [2.45, 2.75) is 12.5 Å². The Labute approximate surface area is 84.9 Å². The summed E-state index contributed by atoms with van der Waals surface area (Å²) in [5.74, 6) is 0.628. The van der Waals surface area contributed by atoms with Crippen LogP contribution in [0.2, 0.25) is 0 Å². The number of nitrogens with two attached hydrogens (primary N) is 1. The molecule has 1 aliphatic rings. The van der Waals surface area contributed by atoms with Crippen molar-refractivity contribution < 1.29 is 9.47 Å². The van der Waals surface area contributed by atoms with Crippen LogP contribution < -0.4 is 5.73 Å². The van der Waals surface area contributed by atoms with Gasteiger partial charge in [0.05, 0.1) is 13.2 Å². The lowest BCUT2D eigenvalue weighted by molar-refractivity contribution is 0.0964. The quantitative estimate of drug-likeness (QED) is 0.532. The summed E-state index contributed by atoms with van der Waals surface area (Å²) < 4.78 is 10.8. The molecule has 0 aromatic heterocycles. The third kappa shape index (κ3) is 3.01. The number of hydrogen-bond donors (Lipinski definition) is 1. The zero-order valence-corrected chi connectivity index (χ0v) is 8.37. The van der Waals surface area contributed by atoms with Gasteiger partial charge in [-0.2, -0.15) is 0 Å². The Morgan fingerprint density at radius 3 is 2.93 bits per heavy atom. The molecule has 1 heterocycles. The zero-order valence-electron chi connectivity index (χ0n) is 8.37. The molecule has 1 rings (SSSR count). The molecule has 0 aromatic rings. The molecule has 1 atom stereocenters. The number of rotatable bonds is 5.